The third kappa shape index (κ3) is 3.24. The number of carbonyl (C=O) groups excluding carboxylic acids is 1. The number of rotatable bonds is 4. The summed E-state index contributed by atoms with van der Waals surface area (Å²) in [5, 5.41) is 0.714. The highest BCUT2D eigenvalue weighted by Crippen LogP contribution is 2.26. The molecule has 0 N–H and O–H groups in total. The first-order valence-corrected chi connectivity index (χ1v) is 7.50. The van der Waals surface area contributed by atoms with E-state index < -0.39 is 0 Å². The second kappa shape index (κ2) is 6.95. The van der Waals surface area contributed by atoms with Crippen molar-refractivity contribution in [1.82, 2.24) is 4.90 Å². The molecule has 1 amide bonds. The summed E-state index contributed by atoms with van der Waals surface area (Å²) < 4.78 is 16.0. The Morgan fingerprint density at radius 1 is 1.45 bits per heavy atom. The van der Waals surface area contributed by atoms with Crippen molar-refractivity contribution in [1.29, 1.82) is 0 Å². The Kier molecular flexibility index (Phi) is 5.25. The zero-order chi connectivity index (χ0) is 14.5. The molecule has 1 aliphatic rings. The van der Waals surface area contributed by atoms with Gasteiger partial charge in [-0.2, -0.15) is 0 Å². The molecular weight excluding hydrogens is 326 g/mol. The molecule has 0 radical (unpaired) electrons. The SMILES string of the molecule is COc1ccc(OC)c(C(=O)N2CCOC(CBr)C2)c1. The fourth-order valence-corrected chi connectivity index (χ4v) is 2.54. The van der Waals surface area contributed by atoms with E-state index in [1.807, 2.05) is 0 Å². The molecule has 1 heterocycles. The maximum Gasteiger partial charge on any atom is 0.257 e. The molecule has 1 aromatic carbocycles. The molecule has 0 spiro atoms. The summed E-state index contributed by atoms with van der Waals surface area (Å²) in [7, 11) is 3.13. The van der Waals surface area contributed by atoms with Gasteiger partial charge in [0.05, 0.1) is 32.5 Å². The lowest BCUT2D eigenvalue weighted by Crippen LogP contribution is -2.46. The van der Waals surface area contributed by atoms with Crippen LogP contribution >= 0.6 is 15.9 Å². The molecule has 5 nitrogen and oxygen atoms in total. The third-order valence-corrected chi connectivity index (χ3v) is 3.96. The zero-order valence-corrected chi connectivity index (χ0v) is 13.2. The normalized spacial score (nSPS) is 18.8. The van der Waals surface area contributed by atoms with Crippen LogP contribution in [0.4, 0.5) is 0 Å². The van der Waals surface area contributed by atoms with E-state index in [1.165, 1.54) is 0 Å². The molecule has 110 valence electrons. The van der Waals surface area contributed by atoms with Gasteiger partial charge in [0.2, 0.25) is 0 Å². The van der Waals surface area contributed by atoms with Crippen molar-refractivity contribution >= 4 is 21.8 Å². The second-order valence-corrected chi connectivity index (χ2v) is 5.11. The van der Waals surface area contributed by atoms with Gasteiger partial charge in [-0.3, -0.25) is 4.79 Å². The Bertz CT molecular complexity index is 480. The average molecular weight is 344 g/mol. The molecule has 0 bridgehead atoms. The quantitative estimate of drug-likeness (QED) is 0.784. The second-order valence-electron chi connectivity index (χ2n) is 4.46. The van der Waals surface area contributed by atoms with Crippen LogP contribution in [0, 0.1) is 0 Å². The lowest BCUT2D eigenvalue weighted by Gasteiger charge is -2.32. The van der Waals surface area contributed by atoms with Gasteiger partial charge in [-0.25, -0.2) is 0 Å². The van der Waals surface area contributed by atoms with Gasteiger partial charge in [0.25, 0.3) is 5.91 Å². The molecule has 0 aromatic heterocycles. The van der Waals surface area contributed by atoms with E-state index in [0.29, 0.717) is 42.1 Å². The van der Waals surface area contributed by atoms with Crippen LogP contribution in [0.2, 0.25) is 0 Å². The number of amides is 1. The molecule has 1 unspecified atom stereocenters. The lowest BCUT2D eigenvalue weighted by atomic mass is 10.1. The van der Waals surface area contributed by atoms with Crippen LogP contribution in [-0.2, 0) is 4.74 Å². The van der Waals surface area contributed by atoms with Crippen molar-refractivity contribution in [3.8, 4) is 11.5 Å². The predicted octanol–water partition coefficient (Wildman–Crippen LogP) is 1.94. The number of benzene rings is 1. The van der Waals surface area contributed by atoms with Crippen LogP contribution in [-0.4, -0.2) is 56.2 Å². The van der Waals surface area contributed by atoms with Gasteiger partial charge >= 0.3 is 0 Å². The maximum atomic E-state index is 12.6. The number of alkyl halides is 1. The minimum Gasteiger partial charge on any atom is -0.497 e. The largest absolute Gasteiger partial charge is 0.497 e. The summed E-state index contributed by atoms with van der Waals surface area (Å²) >= 11 is 3.39. The molecule has 6 heteroatoms. The van der Waals surface area contributed by atoms with Crippen LogP contribution < -0.4 is 9.47 Å². The molecule has 1 aromatic rings. The minimum atomic E-state index is -0.0602. The highest BCUT2D eigenvalue weighted by molar-refractivity contribution is 9.09. The molecular formula is C14H18BrNO4. The van der Waals surface area contributed by atoms with Crippen molar-refractivity contribution in [2.45, 2.75) is 6.10 Å². The van der Waals surface area contributed by atoms with Crippen molar-refractivity contribution < 1.29 is 19.0 Å². The topological polar surface area (TPSA) is 48.0 Å². The van der Waals surface area contributed by atoms with Crippen molar-refractivity contribution in [3.63, 3.8) is 0 Å². The Hall–Kier alpha value is -1.27. The first kappa shape index (κ1) is 15.1. The summed E-state index contributed by atoms with van der Waals surface area (Å²) in [6.07, 6.45) is 0.0318. The van der Waals surface area contributed by atoms with Crippen molar-refractivity contribution in [2.24, 2.45) is 0 Å². The summed E-state index contributed by atoms with van der Waals surface area (Å²) in [5.74, 6) is 1.13. The van der Waals surface area contributed by atoms with Crippen LogP contribution in [0.3, 0.4) is 0 Å². The number of hydrogen-bond donors (Lipinski definition) is 0. The highest BCUT2D eigenvalue weighted by Gasteiger charge is 2.26. The van der Waals surface area contributed by atoms with Crippen LogP contribution in [0.5, 0.6) is 11.5 Å². The Morgan fingerprint density at radius 3 is 2.90 bits per heavy atom. The fourth-order valence-electron chi connectivity index (χ4n) is 2.15. The van der Waals surface area contributed by atoms with Gasteiger partial charge in [-0.15, -0.1) is 0 Å². The number of hydrogen-bond acceptors (Lipinski definition) is 4. The van der Waals surface area contributed by atoms with Crippen LogP contribution in [0.15, 0.2) is 18.2 Å². The van der Waals surface area contributed by atoms with E-state index in [9.17, 15) is 4.79 Å². The Balaban J connectivity index is 2.23. The summed E-state index contributed by atoms with van der Waals surface area (Å²) in [4.78, 5) is 14.4. The van der Waals surface area contributed by atoms with Crippen molar-refractivity contribution in [2.75, 3.05) is 39.2 Å². The maximum absolute atomic E-state index is 12.6. The molecule has 1 saturated heterocycles. The van der Waals surface area contributed by atoms with Gasteiger partial charge in [0, 0.05) is 18.4 Å². The predicted molar refractivity (Wildman–Crippen MR) is 79.0 cm³/mol. The third-order valence-electron chi connectivity index (χ3n) is 3.24. The zero-order valence-electron chi connectivity index (χ0n) is 11.6. The van der Waals surface area contributed by atoms with Gasteiger partial charge in [-0.05, 0) is 18.2 Å². The van der Waals surface area contributed by atoms with E-state index >= 15 is 0 Å². The van der Waals surface area contributed by atoms with E-state index in [1.54, 1.807) is 37.3 Å². The van der Waals surface area contributed by atoms with E-state index in [2.05, 4.69) is 15.9 Å². The molecule has 2 rings (SSSR count). The van der Waals surface area contributed by atoms with Gasteiger partial charge < -0.3 is 19.1 Å². The Morgan fingerprint density at radius 2 is 2.25 bits per heavy atom. The molecule has 0 saturated carbocycles. The smallest absolute Gasteiger partial charge is 0.257 e. The molecule has 20 heavy (non-hydrogen) atoms. The molecule has 1 atom stereocenters. The highest BCUT2D eigenvalue weighted by atomic mass is 79.9. The molecule has 1 fully saturated rings. The fraction of sp³-hybridized carbons (Fsp3) is 0.500. The number of morpholine rings is 1. The lowest BCUT2D eigenvalue weighted by molar-refractivity contribution is -0.00976. The number of halogens is 1. The standard InChI is InChI=1S/C14H18BrNO4/c1-18-10-3-4-13(19-2)12(7-10)14(17)16-5-6-20-11(8-15)9-16/h3-4,7,11H,5-6,8-9H2,1-2H3. The van der Waals surface area contributed by atoms with Crippen molar-refractivity contribution in [3.05, 3.63) is 23.8 Å². The Labute approximate surface area is 126 Å². The van der Waals surface area contributed by atoms with Gasteiger partial charge in [-0.1, -0.05) is 15.9 Å². The van der Waals surface area contributed by atoms with Gasteiger partial charge in [0.1, 0.15) is 11.5 Å². The minimum absolute atomic E-state index is 0.0318. The van der Waals surface area contributed by atoms with E-state index in [4.69, 9.17) is 14.2 Å². The van der Waals surface area contributed by atoms with Gasteiger partial charge in [0.15, 0.2) is 0 Å². The summed E-state index contributed by atoms with van der Waals surface area (Å²) in [6, 6.07) is 5.23. The number of methoxy groups -OCH3 is 2. The van der Waals surface area contributed by atoms with E-state index in [0.717, 1.165) is 0 Å². The number of nitrogens with zero attached hydrogens (tertiary/aromatic N) is 1. The number of ether oxygens (including phenoxy) is 3. The van der Waals surface area contributed by atoms with E-state index in [-0.39, 0.29) is 12.0 Å². The summed E-state index contributed by atoms with van der Waals surface area (Å²) in [5.41, 5.74) is 0.516. The molecule has 1 aliphatic heterocycles. The number of carbonyl (C=O) groups is 1. The van der Waals surface area contributed by atoms with Crippen LogP contribution in [0.1, 0.15) is 10.4 Å². The monoisotopic (exact) mass is 343 g/mol. The summed E-state index contributed by atoms with van der Waals surface area (Å²) in [6.45, 7) is 1.71. The van der Waals surface area contributed by atoms with Crippen LogP contribution in [0.25, 0.3) is 0 Å². The first-order chi connectivity index (χ1) is 9.69. The first-order valence-electron chi connectivity index (χ1n) is 6.38. The molecule has 0 aliphatic carbocycles. The average Bonchev–Trinajstić information content (AvgIpc) is 2.53.